The molecule has 33 heavy (non-hydrogen) atoms. The Bertz CT molecular complexity index is 1210. The topological polar surface area (TPSA) is 82.2 Å². The summed E-state index contributed by atoms with van der Waals surface area (Å²) in [6.07, 6.45) is 5.15. The number of nitriles is 1. The monoisotopic (exact) mass is 443 g/mol. The molecule has 170 valence electrons. The molecule has 0 spiro atoms. The summed E-state index contributed by atoms with van der Waals surface area (Å²) in [5.41, 5.74) is 5.29. The van der Waals surface area contributed by atoms with Gasteiger partial charge in [-0.3, -0.25) is 14.6 Å². The van der Waals surface area contributed by atoms with Crippen molar-refractivity contribution >= 4 is 16.6 Å². The first-order valence-electron chi connectivity index (χ1n) is 11.9. The van der Waals surface area contributed by atoms with Gasteiger partial charge in [-0.2, -0.15) is 10.4 Å². The molecule has 2 saturated heterocycles. The van der Waals surface area contributed by atoms with Gasteiger partial charge in [0.05, 0.1) is 35.5 Å². The summed E-state index contributed by atoms with van der Waals surface area (Å²) in [7, 11) is 0. The van der Waals surface area contributed by atoms with Crippen LogP contribution in [0, 0.1) is 11.3 Å². The lowest BCUT2D eigenvalue weighted by Crippen LogP contribution is -2.56. The van der Waals surface area contributed by atoms with Gasteiger partial charge in [0.2, 0.25) is 0 Å². The number of benzene rings is 1. The van der Waals surface area contributed by atoms with Crippen LogP contribution in [0.3, 0.4) is 0 Å². The zero-order valence-electron chi connectivity index (χ0n) is 18.9. The molecular weight excluding hydrogens is 414 g/mol. The number of rotatable bonds is 4. The number of ether oxygens (including phenoxy) is 1. The lowest BCUT2D eigenvalue weighted by atomic mass is 10.0. The van der Waals surface area contributed by atoms with Crippen LogP contribution in [0.2, 0.25) is 0 Å². The normalized spacial score (nSPS) is 23.8. The first kappa shape index (κ1) is 20.6. The fourth-order valence-corrected chi connectivity index (χ4v) is 5.59. The molecule has 0 bridgehead atoms. The van der Waals surface area contributed by atoms with E-state index in [1.807, 2.05) is 18.3 Å². The second-order valence-corrected chi connectivity index (χ2v) is 9.48. The van der Waals surface area contributed by atoms with Crippen molar-refractivity contribution in [1.29, 1.82) is 5.26 Å². The minimum absolute atomic E-state index is 0.146. The van der Waals surface area contributed by atoms with Gasteiger partial charge in [0.1, 0.15) is 6.07 Å². The van der Waals surface area contributed by atoms with Gasteiger partial charge in [-0.25, -0.2) is 0 Å². The Morgan fingerprint density at radius 3 is 3.00 bits per heavy atom. The van der Waals surface area contributed by atoms with Gasteiger partial charge in [-0.05, 0) is 31.2 Å². The summed E-state index contributed by atoms with van der Waals surface area (Å²) in [6.45, 7) is 8.78. The highest BCUT2D eigenvalue weighted by Crippen LogP contribution is 2.31. The fraction of sp³-hybridized carbons (Fsp3) is 0.480. The van der Waals surface area contributed by atoms with Crippen LogP contribution in [0.15, 0.2) is 36.7 Å². The van der Waals surface area contributed by atoms with E-state index in [1.54, 1.807) is 6.20 Å². The summed E-state index contributed by atoms with van der Waals surface area (Å²) in [6, 6.07) is 10.7. The van der Waals surface area contributed by atoms with E-state index in [0.29, 0.717) is 11.6 Å². The van der Waals surface area contributed by atoms with E-state index in [1.165, 1.54) is 11.3 Å². The number of anilines is 1. The second kappa shape index (κ2) is 8.41. The van der Waals surface area contributed by atoms with E-state index in [0.717, 1.165) is 68.8 Å². The summed E-state index contributed by atoms with van der Waals surface area (Å²) in [4.78, 5) is 9.36. The number of aromatic nitrogens is 3. The lowest BCUT2D eigenvalue weighted by Gasteiger charge is -2.45. The highest BCUT2D eigenvalue weighted by atomic mass is 16.5. The Labute approximate surface area is 193 Å². The van der Waals surface area contributed by atoms with Crippen LogP contribution in [0.1, 0.15) is 29.8 Å². The van der Waals surface area contributed by atoms with Gasteiger partial charge in [0, 0.05) is 80.8 Å². The maximum atomic E-state index is 9.47. The third-order valence-electron chi connectivity index (χ3n) is 7.12. The molecular formula is C25H29N7O. The molecule has 5 heterocycles. The van der Waals surface area contributed by atoms with E-state index in [2.05, 4.69) is 55.0 Å². The van der Waals surface area contributed by atoms with Gasteiger partial charge in [-0.1, -0.05) is 0 Å². The molecule has 1 N–H and O–H groups in total. The SMILES string of the molecule is CC1CN(c2ccc(C#N)c3ncccc23)CC(CN2CC(n3ncc4c3CCNC4)C2)O1. The Morgan fingerprint density at radius 1 is 1.21 bits per heavy atom. The quantitative estimate of drug-likeness (QED) is 0.661. The first-order chi connectivity index (χ1) is 16.2. The van der Waals surface area contributed by atoms with Crippen molar-refractivity contribution < 1.29 is 4.74 Å². The number of pyridine rings is 1. The molecule has 6 rings (SSSR count). The molecule has 1 aromatic carbocycles. The molecule has 8 nitrogen and oxygen atoms in total. The molecule has 0 radical (unpaired) electrons. The number of nitrogens with zero attached hydrogens (tertiary/aromatic N) is 6. The predicted octanol–water partition coefficient (Wildman–Crippen LogP) is 2.10. The van der Waals surface area contributed by atoms with Gasteiger partial charge in [-0.15, -0.1) is 0 Å². The third-order valence-corrected chi connectivity index (χ3v) is 7.12. The molecule has 2 atom stereocenters. The van der Waals surface area contributed by atoms with Gasteiger partial charge in [0.15, 0.2) is 0 Å². The van der Waals surface area contributed by atoms with E-state index in [4.69, 9.17) is 4.74 Å². The second-order valence-electron chi connectivity index (χ2n) is 9.48. The smallest absolute Gasteiger partial charge is 0.101 e. The number of likely N-dealkylation sites (tertiary alicyclic amines) is 1. The minimum Gasteiger partial charge on any atom is -0.370 e. The average Bonchev–Trinajstić information content (AvgIpc) is 3.23. The van der Waals surface area contributed by atoms with Crippen LogP contribution < -0.4 is 10.2 Å². The van der Waals surface area contributed by atoms with E-state index < -0.39 is 0 Å². The molecule has 8 heteroatoms. The molecule has 0 saturated carbocycles. The van der Waals surface area contributed by atoms with Crippen molar-refractivity contribution in [3.63, 3.8) is 0 Å². The predicted molar refractivity (Wildman–Crippen MR) is 126 cm³/mol. The number of hydrogen-bond donors (Lipinski definition) is 1. The van der Waals surface area contributed by atoms with Crippen molar-refractivity contribution in [1.82, 2.24) is 25.0 Å². The van der Waals surface area contributed by atoms with Crippen molar-refractivity contribution in [2.24, 2.45) is 0 Å². The zero-order chi connectivity index (χ0) is 22.4. The Hall–Kier alpha value is -2.99. The van der Waals surface area contributed by atoms with E-state index >= 15 is 0 Å². The first-order valence-corrected chi connectivity index (χ1v) is 11.9. The Kier molecular flexibility index (Phi) is 5.25. The fourth-order valence-electron chi connectivity index (χ4n) is 5.59. The van der Waals surface area contributed by atoms with Gasteiger partial charge in [0.25, 0.3) is 0 Å². The number of nitrogens with one attached hydrogen (secondary N) is 1. The molecule has 2 unspecified atom stereocenters. The van der Waals surface area contributed by atoms with E-state index in [-0.39, 0.29) is 12.2 Å². The molecule has 3 aromatic rings. The van der Waals surface area contributed by atoms with Crippen LogP contribution in [0.4, 0.5) is 5.69 Å². The summed E-state index contributed by atoms with van der Waals surface area (Å²) in [5, 5.41) is 18.6. The van der Waals surface area contributed by atoms with Gasteiger partial charge >= 0.3 is 0 Å². The standard InChI is InChI=1S/C25H29N7O/c1-17-12-31(24-5-4-18(9-26)25-22(24)3-2-7-28-25)16-21(33-17)15-30-13-20(14-30)32-23-6-8-27-10-19(23)11-29-32/h2-5,7,11,17,20-21,27H,6,8,10,12-16H2,1H3. The molecule has 3 aliphatic rings. The van der Waals surface area contributed by atoms with Crippen LogP contribution >= 0.6 is 0 Å². The molecule has 2 aromatic heterocycles. The summed E-state index contributed by atoms with van der Waals surface area (Å²) in [5.74, 6) is 0. The highest BCUT2D eigenvalue weighted by Gasteiger charge is 2.35. The zero-order valence-corrected chi connectivity index (χ0v) is 18.9. The number of fused-ring (bicyclic) bond motifs is 2. The van der Waals surface area contributed by atoms with Crippen LogP contribution in [0.5, 0.6) is 0 Å². The van der Waals surface area contributed by atoms with Gasteiger partial charge < -0.3 is 15.0 Å². The Morgan fingerprint density at radius 2 is 2.12 bits per heavy atom. The number of hydrogen-bond acceptors (Lipinski definition) is 7. The maximum absolute atomic E-state index is 9.47. The Balaban J connectivity index is 1.14. The summed E-state index contributed by atoms with van der Waals surface area (Å²) < 4.78 is 8.60. The molecule has 3 aliphatic heterocycles. The van der Waals surface area contributed by atoms with Crippen LogP contribution in [-0.4, -0.2) is 71.1 Å². The average molecular weight is 444 g/mol. The minimum atomic E-state index is 0.146. The number of morpholine rings is 1. The lowest BCUT2D eigenvalue weighted by molar-refractivity contribution is -0.0491. The molecule has 0 amide bonds. The largest absolute Gasteiger partial charge is 0.370 e. The van der Waals surface area contributed by atoms with Crippen LogP contribution in [-0.2, 0) is 17.7 Å². The van der Waals surface area contributed by atoms with Crippen molar-refractivity contribution in [3.8, 4) is 6.07 Å². The highest BCUT2D eigenvalue weighted by molar-refractivity contribution is 5.95. The maximum Gasteiger partial charge on any atom is 0.101 e. The molecule has 2 fully saturated rings. The van der Waals surface area contributed by atoms with Crippen molar-refractivity contribution in [2.45, 2.75) is 38.1 Å². The summed E-state index contributed by atoms with van der Waals surface area (Å²) >= 11 is 0. The van der Waals surface area contributed by atoms with Crippen molar-refractivity contribution in [3.05, 3.63) is 53.5 Å². The van der Waals surface area contributed by atoms with E-state index in [9.17, 15) is 5.26 Å². The third kappa shape index (κ3) is 3.76. The van der Waals surface area contributed by atoms with Crippen LogP contribution in [0.25, 0.3) is 10.9 Å². The van der Waals surface area contributed by atoms with Crippen molar-refractivity contribution in [2.75, 3.05) is 44.2 Å². The molecule has 0 aliphatic carbocycles.